The lowest BCUT2D eigenvalue weighted by atomic mass is 10.1. The molecule has 0 heterocycles. The Balaban J connectivity index is 2.96. The zero-order valence-corrected chi connectivity index (χ0v) is 9.33. The molecule has 0 aliphatic heterocycles. The molecule has 0 atom stereocenters. The second-order valence-electron chi connectivity index (χ2n) is 3.56. The van der Waals surface area contributed by atoms with E-state index in [1.54, 1.807) is 0 Å². The van der Waals surface area contributed by atoms with Crippen LogP contribution in [-0.4, -0.2) is 30.4 Å². The number of rotatable bonds is 5. The van der Waals surface area contributed by atoms with E-state index in [1.165, 1.54) is 12.1 Å². The topological polar surface area (TPSA) is 72.6 Å². The Kier molecular flexibility index (Phi) is 4.55. The molecule has 0 aromatic heterocycles. The van der Waals surface area contributed by atoms with Crippen molar-refractivity contribution in [1.82, 2.24) is 0 Å². The molecule has 0 fully saturated rings. The first kappa shape index (κ1) is 14.3. The summed E-state index contributed by atoms with van der Waals surface area (Å²) >= 11 is 0. The lowest BCUT2D eigenvalue weighted by molar-refractivity contribution is -0.153. The van der Waals surface area contributed by atoms with Crippen LogP contribution in [0.15, 0.2) is 18.2 Å². The maximum Gasteiger partial charge on any atom is 0.422 e. The zero-order valence-electron chi connectivity index (χ0n) is 9.33. The van der Waals surface area contributed by atoms with E-state index in [4.69, 9.17) is 10.8 Å². The fourth-order valence-electron chi connectivity index (χ4n) is 1.33. The van der Waals surface area contributed by atoms with Gasteiger partial charge in [-0.15, -0.1) is 0 Å². The third kappa shape index (κ3) is 4.25. The summed E-state index contributed by atoms with van der Waals surface area (Å²) in [6.45, 7) is -1.70. The molecule has 1 aromatic rings. The number of benzene rings is 1. The molecule has 0 spiro atoms. The maximum absolute atomic E-state index is 12.1. The molecule has 0 radical (unpaired) electrons. The highest BCUT2D eigenvalue weighted by molar-refractivity contribution is 5.93. The molecule has 7 heteroatoms. The average Bonchev–Trinajstić information content (AvgIpc) is 2.26. The minimum absolute atomic E-state index is 0.0499. The van der Waals surface area contributed by atoms with Crippen LogP contribution in [0.3, 0.4) is 0 Å². The van der Waals surface area contributed by atoms with E-state index >= 15 is 0 Å². The van der Waals surface area contributed by atoms with Gasteiger partial charge in [0.05, 0.1) is 0 Å². The Bertz CT molecular complexity index is 432. The van der Waals surface area contributed by atoms with E-state index in [0.29, 0.717) is 5.56 Å². The third-order valence-electron chi connectivity index (χ3n) is 2.12. The Morgan fingerprint density at radius 1 is 1.39 bits per heavy atom. The van der Waals surface area contributed by atoms with E-state index in [2.05, 4.69) is 4.74 Å². The average molecular weight is 263 g/mol. The van der Waals surface area contributed by atoms with Gasteiger partial charge in [0.25, 0.3) is 0 Å². The number of carbonyl (C=O) groups excluding carboxylic acids is 1. The number of alkyl halides is 3. The fraction of sp³-hybridized carbons (Fsp3) is 0.364. The van der Waals surface area contributed by atoms with Crippen LogP contribution in [0.2, 0.25) is 0 Å². The van der Waals surface area contributed by atoms with Gasteiger partial charge in [-0.05, 0) is 24.1 Å². The van der Waals surface area contributed by atoms with Crippen LogP contribution in [0.5, 0.6) is 5.75 Å². The second kappa shape index (κ2) is 5.72. The van der Waals surface area contributed by atoms with Crippen molar-refractivity contribution in [3.8, 4) is 5.75 Å². The van der Waals surface area contributed by atoms with E-state index in [1.807, 2.05) is 0 Å². The first-order valence-electron chi connectivity index (χ1n) is 5.06. The Labute approximate surface area is 101 Å². The van der Waals surface area contributed by atoms with Crippen molar-refractivity contribution in [2.75, 3.05) is 13.2 Å². The summed E-state index contributed by atoms with van der Waals surface area (Å²) in [5.74, 6) is -0.861. The van der Waals surface area contributed by atoms with Crippen LogP contribution in [0.25, 0.3) is 0 Å². The predicted molar refractivity (Wildman–Crippen MR) is 57.3 cm³/mol. The lowest BCUT2D eigenvalue weighted by Gasteiger charge is -2.13. The molecule has 0 aliphatic rings. The van der Waals surface area contributed by atoms with Gasteiger partial charge in [-0.3, -0.25) is 4.79 Å². The molecular formula is C11H12F3NO3. The van der Waals surface area contributed by atoms with Crippen LogP contribution in [-0.2, 0) is 6.42 Å². The molecule has 1 aromatic carbocycles. The van der Waals surface area contributed by atoms with Gasteiger partial charge in [0.1, 0.15) is 5.75 Å². The van der Waals surface area contributed by atoms with Crippen molar-refractivity contribution in [1.29, 1.82) is 0 Å². The van der Waals surface area contributed by atoms with E-state index in [9.17, 15) is 18.0 Å². The minimum atomic E-state index is -4.47. The normalized spacial score (nSPS) is 11.3. The molecule has 0 unspecified atom stereocenters. The molecular weight excluding hydrogens is 251 g/mol. The molecule has 4 nitrogen and oxygen atoms in total. The van der Waals surface area contributed by atoms with E-state index in [0.717, 1.165) is 6.07 Å². The van der Waals surface area contributed by atoms with Crippen LogP contribution < -0.4 is 10.5 Å². The van der Waals surface area contributed by atoms with Crippen LogP contribution in [0, 0.1) is 0 Å². The fourth-order valence-corrected chi connectivity index (χ4v) is 1.33. The van der Waals surface area contributed by atoms with Gasteiger partial charge in [-0.25, -0.2) is 0 Å². The summed E-state index contributed by atoms with van der Waals surface area (Å²) in [7, 11) is 0. The number of halogens is 3. The number of aliphatic hydroxyl groups is 1. The number of carbonyl (C=O) groups is 1. The summed E-state index contributed by atoms with van der Waals surface area (Å²) in [4.78, 5) is 10.9. The van der Waals surface area contributed by atoms with Gasteiger partial charge in [0.2, 0.25) is 5.91 Å². The van der Waals surface area contributed by atoms with Crippen LogP contribution in [0.4, 0.5) is 13.2 Å². The Morgan fingerprint density at radius 3 is 2.56 bits per heavy atom. The van der Waals surface area contributed by atoms with Crippen molar-refractivity contribution in [3.05, 3.63) is 29.3 Å². The predicted octanol–water partition coefficient (Wildman–Crippen LogP) is 1.26. The van der Waals surface area contributed by atoms with Crippen molar-refractivity contribution >= 4 is 5.91 Å². The van der Waals surface area contributed by atoms with Crippen molar-refractivity contribution < 1.29 is 27.8 Å². The highest BCUT2D eigenvalue weighted by atomic mass is 19.4. The number of amides is 1. The molecule has 100 valence electrons. The molecule has 0 saturated carbocycles. The number of hydrogen-bond acceptors (Lipinski definition) is 3. The van der Waals surface area contributed by atoms with Crippen molar-refractivity contribution in [2.24, 2.45) is 5.73 Å². The Morgan fingerprint density at radius 2 is 2.06 bits per heavy atom. The largest absolute Gasteiger partial charge is 0.484 e. The highest BCUT2D eigenvalue weighted by Gasteiger charge is 2.28. The number of hydrogen-bond donors (Lipinski definition) is 2. The number of aliphatic hydroxyl groups excluding tert-OH is 1. The molecule has 3 N–H and O–H groups in total. The smallest absolute Gasteiger partial charge is 0.422 e. The van der Waals surface area contributed by atoms with Gasteiger partial charge in [-0.2, -0.15) is 13.2 Å². The monoisotopic (exact) mass is 263 g/mol. The standard InChI is InChI=1S/C11H12F3NO3/c12-11(13,14)6-18-9-5-8(10(15)17)2-1-7(9)3-4-16/h1-2,5,16H,3-4,6H2,(H2,15,17). The maximum atomic E-state index is 12.1. The first-order chi connectivity index (χ1) is 8.33. The van der Waals surface area contributed by atoms with Gasteiger partial charge < -0.3 is 15.6 Å². The van der Waals surface area contributed by atoms with Crippen LogP contribution >= 0.6 is 0 Å². The van der Waals surface area contributed by atoms with E-state index in [-0.39, 0.29) is 24.3 Å². The molecule has 1 amide bonds. The van der Waals surface area contributed by atoms with Gasteiger partial charge in [-0.1, -0.05) is 6.07 Å². The SMILES string of the molecule is NC(=O)c1ccc(CCO)c(OCC(F)(F)F)c1. The van der Waals surface area contributed by atoms with Crippen molar-refractivity contribution in [2.45, 2.75) is 12.6 Å². The summed E-state index contributed by atoms with van der Waals surface area (Å²) in [6.07, 6.45) is -4.34. The lowest BCUT2D eigenvalue weighted by Crippen LogP contribution is -2.20. The molecule has 18 heavy (non-hydrogen) atoms. The Hall–Kier alpha value is -1.76. The first-order valence-corrected chi connectivity index (χ1v) is 5.06. The highest BCUT2D eigenvalue weighted by Crippen LogP contribution is 2.24. The van der Waals surface area contributed by atoms with E-state index < -0.39 is 18.7 Å². The molecule has 0 saturated heterocycles. The number of nitrogens with two attached hydrogens (primary N) is 1. The summed E-state index contributed by atoms with van der Waals surface area (Å²) in [5, 5.41) is 8.78. The van der Waals surface area contributed by atoms with Gasteiger partial charge in [0, 0.05) is 12.2 Å². The van der Waals surface area contributed by atoms with Crippen LogP contribution in [0.1, 0.15) is 15.9 Å². The summed E-state index contributed by atoms with van der Waals surface area (Å²) in [6, 6.07) is 3.91. The molecule has 1 rings (SSSR count). The zero-order chi connectivity index (χ0) is 13.8. The summed E-state index contributed by atoms with van der Waals surface area (Å²) in [5.41, 5.74) is 5.45. The number of primary amides is 1. The quantitative estimate of drug-likeness (QED) is 0.840. The number of ether oxygens (including phenoxy) is 1. The van der Waals surface area contributed by atoms with Gasteiger partial charge in [0.15, 0.2) is 6.61 Å². The minimum Gasteiger partial charge on any atom is -0.484 e. The third-order valence-corrected chi connectivity index (χ3v) is 2.12. The second-order valence-corrected chi connectivity index (χ2v) is 3.56. The molecule has 0 bridgehead atoms. The van der Waals surface area contributed by atoms with Crippen molar-refractivity contribution in [3.63, 3.8) is 0 Å². The molecule has 0 aliphatic carbocycles. The van der Waals surface area contributed by atoms with Gasteiger partial charge >= 0.3 is 6.18 Å². The summed E-state index contributed by atoms with van der Waals surface area (Å²) < 4.78 is 40.8.